The first kappa shape index (κ1) is 20.4. The molecule has 2 aromatic carbocycles. The fraction of sp³-hybridized carbons (Fsp3) is 0.111. The van der Waals surface area contributed by atoms with Crippen LogP contribution in [0.25, 0.3) is 6.08 Å². The summed E-state index contributed by atoms with van der Waals surface area (Å²) in [6.07, 6.45) is -3.62. The van der Waals surface area contributed by atoms with Crippen LogP contribution in [0, 0.1) is 21.4 Å². The molecule has 0 aliphatic rings. The Hall–Kier alpha value is -3.87. The molecule has 0 fully saturated rings. The van der Waals surface area contributed by atoms with Gasteiger partial charge in [0.05, 0.1) is 23.7 Å². The van der Waals surface area contributed by atoms with Gasteiger partial charge in [-0.15, -0.1) is 0 Å². The summed E-state index contributed by atoms with van der Waals surface area (Å²) in [5.74, 6) is -0.821. The fourth-order valence-electron chi connectivity index (χ4n) is 2.20. The number of nitrogens with one attached hydrogen (secondary N) is 1. The number of hydrogen-bond donors (Lipinski definition) is 1. The number of amides is 1. The minimum absolute atomic E-state index is 0.0224. The number of halogens is 3. The Morgan fingerprint density at radius 1 is 1.29 bits per heavy atom. The topological polar surface area (TPSA) is 105 Å². The molecule has 1 amide bonds. The first-order chi connectivity index (χ1) is 13.2. The van der Waals surface area contributed by atoms with Crippen LogP contribution >= 0.6 is 0 Å². The molecular weight excluding hydrogens is 379 g/mol. The molecule has 0 atom stereocenters. The molecule has 0 unspecified atom stereocenters. The van der Waals surface area contributed by atoms with Gasteiger partial charge in [0.1, 0.15) is 23.1 Å². The number of alkyl halides is 3. The van der Waals surface area contributed by atoms with E-state index in [4.69, 9.17) is 4.74 Å². The maximum Gasteiger partial charge on any atom is 0.416 e. The smallest absolute Gasteiger partial charge is 0.416 e. The summed E-state index contributed by atoms with van der Waals surface area (Å²) in [5, 5.41) is 22.5. The third-order valence-corrected chi connectivity index (χ3v) is 3.54. The zero-order valence-electron chi connectivity index (χ0n) is 14.3. The quantitative estimate of drug-likeness (QED) is 0.356. The minimum atomic E-state index is -4.58. The first-order valence-corrected chi connectivity index (χ1v) is 7.58. The van der Waals surface area contributed by atoms with Crippen LogP contribution in [0.2, 0.25) is 0 Å². The summed E-state index contributed by atoms with van der Waals surface area (Å²) in [5.41, 5.74) is -2.15. The highest BCUT2D eigenvalue weighted by Crippen LogP contribution is 2.31. The second kappa shape index (κ2) is 8.22. The normalized spacial score (nSPS) is 11.5. The van der Waals surface area contributed by atoms with Crippen LogP contribution in [0.15, 0.2) is 48.0 Å². The molecule has 0 saturated heterocycles. The number of benzene rings is 2. The van der Waals surface area contributed by atoms with E-state index in [-0.39, 0.29) is 17.0 Å². The van der Waals surface area contributed by atoms with Crippen LogP contribution in [0.3, 0.4) is 0 Å². The molecule has 28 heavy (non-hydrogen) atoms. The van der Waals surface area contributed by atoms with Crippen molar-refractivity contribution in [2.24, 2.45) is 0 Å². The van der Waals surface area contributed by atoms with Gasteiger partial charge in [0.25, 0.3) is 11.6 Å². The van der Waals surface area contributed by atoms with E-state index in [1.54, 1.807) is 6.07 Å². The van der Waals surface area contributed by atoms with E-state index < -0.39 is 33.8 Å². The Balaban J connectivity index is 2.34. The lowest BCUT2D eigenvalue weighted by molar-refractivity contribution is -0.384. The van der Waals surface area contributed by atoms with Crippen molar-refractivity contribution >= 4 is 23.4 Å². The van der Waals surface area contributed by atoms with Crippen LogP contribution in [0.4, 0.5) is 24.5 Å². The largest absolute Gasteiger partial charge is 0.496 e. The van der Waals surface area contributed by atoms with Crippen LogP contribution in [0.5, 0.6) is 5.75 Å². The standard InChI is InChI=1S/C18H12F3N3O4/c1-28-14-5-6-15(16(9-14)24(26)27)23-17(25)12(10-22)7-11-3-2-4-13(8-11)18(19,20)21/h2-9H,1H3,(H,23,25). The maximum atomic E-state index is 12.8. The van der Waals surface area contributed by atoms with Crippen molar-refractivity contribution in [3.63, 3.8) is 0 Å². The van der Waals surface area contributed by atoms with Crippen LogP contribution in [0.1, 0.15) is 11.1 Å². The molecule has 0 aliphatic heterocycles. The molecule has 0 heterocycles. The maximum absolute atomic E-state index is 12.8. The highest BCUT2D eigenvalue weighted by atomic mass is 19.4. The Kier molecular flexibility index (Phi) is 6.00. The monoisotopic (exact) mass is 391 g/mol. The Morgan fingerprint density at radius 3 is 2.57 bits per heavy atom. The Labute approximate surface area is 156 Å². The molecule has 144 valence electrons. The lowest BCUT2D eigenvalue weighted by Gasteiger charge is -2.08. The number of nitrogens with zero attached hydrogens (tertiary/aromatic N) is 2. The predicted octanol–water partition coefficient (Wildman–Crippen LogP) is 4.17. The second-order valence-electron chi connectivity index (χ2n) is 5.39. The average molecular weight is 391 g/mol. The lowest BCUT2D eigenvalue weighted by atomic mass is 10.1. The summed E-state index contributed by atoms with van der Waals surface area (Å²) in [7, 11) is 1.31. The number of nitro groups is 1. The number of anilines is 1. The SMILES string of the molecule is COc1ccc(NC(=O)C(C#N)=Cc2cccc(C(F)(F)F)c2)c([N+](=O)[O-])c1. The number of carbonyl (C=O) groups is 1. The summed E-state index contributed by atoms with van der Waals surface area (Å²) in [4.78, 5) is 22.7. The number of methoxy groups -OCH3 is 1. The third kappa shape index (κ3) is 4.85. The van der Waals surface area contributed by atoms with Crippen LogP contribution < -0.4 is 10.1 Å². The summed E-state index contributed by atoms with van der Waals surface area (Å²) in [6.45, 7) is 0. The van der Waals surface area contributed by atoms with E-state index in [2.05, 4.69) is 5.32 Å². The predicted molar refractivity (Wildman–Crippen MR) is 93.3 cm³/mol. The summed E-state index contributed by atoms with van der Waals surface area (Å²) >= 11 is 0. The second-order valence-corrected chi connectivity index (χ2v) is 5.39. The minimum Gasteiger partial charge on any atom is -0.496 e. The van der Waals surface area contributed by atoms with Gasteiger partial charge in [0, 0.05) is 0 Å². The fourth-order valence-corrected chi connectivity index (χ4v) is 2.20. The van der Waals surface area contributed by atoms with E-state index in [9.17, 15) is 33.3 Å². The van der Waals surface area contributed by atoms with Gasteiger partial charge in [-0.1, -0.05) is 12.1 Å². The van der Waals surface area contributed by atoms with Crippen molar-refractivity contribution in [1.82, 2.24) is 0 Å². The highest BCUT2D eigenvalue weighted by molar-refractivity contribution is 6.10. The van der Waals surface area contributed by atoms with Gasteiger partial charge in [0.15, 0.2) is 0 Å². The van der Waals surface area contributed by atoms with Crippen molar-refractivity contribution < 1.29 is 27.6 Å². The van der Waals surface area contributed by atoms with E-state index in [1.807, 2.05) is 0 Å². The number of ether oxygens (including phenoxy) is 1. The van der Waals surface area contributed by atoms with Gasteiger partial charge in [-0.05, 0) is 35.9 Å². The van der Waals surface area contributed by atoms with Gasteiger partial charge < -0.3 is 10.1 Å². The molecule has 2 rings (SSSR count). The van der Waals surface area contributed by atoms with Crippen LogP contribution in [-0.2, 0) is 11.0 Å². The zero-order valence-corrected chi connectivity index (χ0v) is 14.3. The van der Waals surface area contributed by atoms with Gasteiger partial charge in [0.2, 0.25) is 0 Å². The number of rotatable bonds is 5. The molecule has 2 aromatic rings. The van der Waals surface area contributed by atoms with Crippen LogP contribution in [-0.4, -0.2) is 17.9 Å². The molecule has 0 radical (unpaired) electrons. The molecule has 0 spiro atoms. The average Bonchev–Trinajstić information content (AvgIpc) is 2.65. The van der Waals surface area contributed by atoms with Gasteiger partial charge >= 0.3 is 6.18 Å². The van der Waals surface area contributed by atoms with E-state index in [0.29, 0.717) is 0 Å². The van der Waals surface area contributed by atoms with Crippen molar-refractivity contribution in [1.29, 1.82) is 5.26 Å². The van der Waals surface area contributed by atoms with Gasteiger partial charge in [-0.3, -0.25) is 14.9 Å². The molecule has 7 nitrogen and oxygen atoms in total. The Bertz CT molecular complexity index is 994. The molecule has 0 saturated carbocycles. The summed E-state index contributed by atoms with van der Waals surface area (Å²) < 4.78 is 43.2. The summed E-state index contributed by atoms with van der Waals surface area (Å²) in [6, 6.07) is 9.29. The number of hydrogen-bond acceptors (Lipinski definition) is 5. The van der Waals surface area contributed by atoms with Crippen molar-refractivity contribution in [2.45, 2.75) is 6.18 Å². The molecule has 0 aliphatic carbocycles. The Morgan fingerprint density at radius 2 is 2.00 bits per heavy atom. The molecule has 0 bridgehead atoms. The van der Waals surface area contributed by atoms with Gasteiger partial charge in [-0.2, -0.15) is 18.4 Å². The van der Waals surface area contributed by atoms with Gasteiger partial charge in [-0.25, -0.2) is 0 Å². The number of nitriles is 1. The zero-order chi connectivity index (χ0) is 20.9. The lowest BCUT2D eigenvalue weighted by Crippen LogP contribution is -2.14. The van der Waals surface area contributed by atoms with E-state index in [1.165, 1.54) is 25.3 Å². The van der Waals surface area contributed by atoms with Crippen molar-refractivity contribution in [3.05, 3.63) is 69.3 Å². The van der Waals surface area contributed by atoms with Crippen molar-refractivity contribution in [2.75, 3.05) is 12.4 Å². The number of carbonyl (C=O) groups excluding carboxylic acids is 1. The first-order valence-electron chi connectivity index (χ1n) is 7.58. The number of nitro benzene ring substituents is 1. The van der Waals surface area contributed by atoms with Crippen molar-refractivity contribution in [3.8, 4) is 11.8 Å². The molecule has 0 aromatic heterocycles. The molecule has 1 N–H and O–H groups in total. The highest BCUT2D eigenvalue weighted by Gasteiger charge is 2.30. The molecular formula is C18H12F3N3O4. The van der Waals surface area contributed by atoms with E-state index in [0.717, 1.165) is 30.3 Å². The van der Waals surface area contributed by atoms with E-state index >= 15 is 0 Å². The third-order valence-electron chi connectivity index (χ3n) is 3.54. The molecule has 10 heteroatoms.